The van der Waals surface area contributed by atoms with Gasteiger partial charge < -0.3 is 16.4 Å². The van der Waals surface area contributed by atoms with Crippen molar-refractivity contribution in [2.75, 3.05) is 24.1 Å². The van der Waals surface area contributed by atoms with E-state index in [-0.39, 0.29) is 18.1 Å². The molecule has 4 N–H and O–H groups in total. The molecule has 0 aromatic heterocycles. The Kier molecular flexibility index (Phi) is 4.75. The number of halogens is 1. The van der Waals surface area contributed by atoms with Crippen molar-refractivity contribution in [3.63, 3.8) is 0 Å². The van der Waals surface area contributed by atoms with Crippen molar-refractivity contribution < 1.29 is 9.18 Å². The molecule has 0 saturated carbocycles. The van der Waals surface area contributed by atoms with E-state index in [0.29, 0.717) is 18.2 Å². The lowest BCUT2D eigenvalue weighted by Gasteiger charge is -2.11. The summed E-state index contributed by atoms with van der Waals surface area (Å²) in [5.74, 6) is -0.224. The fourth-order valence-electron chi connectivity index (χ4n) is 1.25. The first kappa shape index (κ1) is 13.3. The molecule has 4 nitrogen and oxygen atoms in total. The average Bonchev–Trinajstić information content (AvgIpc) is 2.28. The summed E-state index contributed by atoms with van der Waals surface area (Å²) in [5, 5.41) is 5.55. The van der Waals surface area contributed by atoms with Crippen molar-refractivity contribution >= 4 is 17.3 Å². The van der Waals surface area contributed by atoms with Crippen LogP contribution in [0.2, 0.25) is 0 Å². The molecule has 1 rings (SSSR count). The van der Waals surface area contributed by atoms with Crippen LogP contribution in [0.5, 0.6) is 0 Å². The molecular formula is C12H18FN3O. The van der Waals surface area contributed by atoms with Gasteiger partial charge in [-0.2, -0.15) is 0 Å². The van der Waals surface area contributed by atoms with Gasteiger partial charge >= 0.3 is 0 Å². The molecule has 0 spiro atoms. The van der Waals surface area contributed by atoms with E-state index in [4.69, 9.17) is 5.73 Å². The Labute approximate surface area is 100 Å². The van der Waals surface area contributed by atoms with Gasteiger partial charge in [-0.25, -0.2) is 4.39 Å². The van der Waals surface area contributed by atoms with Crippen LogP contribution in [0.25, 0.3) is 0 Å². The maximum atomic E-state index is 13.1. The number of nitrogens with one attached hydrogen (secondary N) is 2. The van der Waals surface area contributed by atoms with E-state index in [0.717, 1.165) is 0 Å². The summed E-state index contributed by atoms with van der Waals surface area (Å²) in [5.41, 5.74) is 5.99. The van der Waals surface area contributed by atoms with Crippen molar-refractivity contribution in [2.45, 2.75) is 13.8 Å². The average molecular weight is 239 g/mol. The van der Waals surface area contributed by atoms with Gasteiger partial charge in [-0.1, -0.05) is 19.9 Å². The third-order valence-electron chi connectivity index (χ3n) is 2.20. The van der Waals surface area contributed by atoms with Gasteiger partial charge in [0.15, 0.2) is 0 Å². The SMILES string of the molecule is CC(C)CNC(=O)CNc1cccc(F)c1N. The fraction of sp³-hybridized carbons (Fsp3) is 0.417. The molecule has 0 saturated heterocycles. The van der Waals surface area contributed by atoms with E-state index in [1.165, 1.54) is 6.07 Å². The molecule has 0 bridgehead atoms. The van der Waals surface area contributed by atoms with Crippen LogP contribution in [0.4, 0.5) is 15.8 Å². The smallest absolute Gasteiger partial charge is 0.239 e. The summed E-state index contributed by atoms with van der Waals surface area (Å²) in [6.07, 6.45) is 0. The first-order valence-electron chi connectivity index (χ1n) is 5.55. The van der Waals surface area contributed by atoms with Crippen molar-refractivity contribution in [3.8, 4) is 0 Å². The number of carbonyl (C=O) groups excluding carboxylic acids is 1. The van der Waals surface area contributed by atoms with Gasteiger partial charge in [-0.05, 0) is 18.1 Å². The molecule has 0 atom stereocenters. The second-order valence-electron chi connectivity index (χ2n) is 4.25. The van der Waals surface area contributed by atoms with Crippen LogP contribution >= 0.6 is 0 Å². The van der Waals surface area contributed by atoms with Gasteiger partial charge in [0.05, 0.1) is 17.9 Å². The Morgan fingerprint density at radius 2 is 2.18 bits per heavy atom. The summed E-state index contributed by atoms with van der Waals surface area (Å²) in [7, 11) is 0. The highest BCUT2D eigenvalue weighted by Crippen LogP contribution is 2.20. The molecule has 5 heteroatoms. The molecule has 17 heavy (non-hydrogen) atoms. The molecule has 1 amide bonds. The number of nitrogens with two attached hydrogens (primary N) is 1. The van der Waals surface area contributed by atoms with E-state index in [2.05, 4.69) is 10.6 Å². The summed E-state index contributed by atoms with van der Waals surface area (Å²) in [4.78, 5) is 11.4. The van der Waals surface area contributed by atoms with E-state index >= 15 is 0 Å². The first-order valence-corrected chi connectivity index (χ1v) is 5.55. The monoisotopic (exact) mass is 239 g/mol. The Morgan fingerprint density at radius 1 is 1.47 bits per heavy atom. The first-order chi connectivity index (χ1) is 8.00. The maximum absolute atomic E-state index is 13.1. The van der Waals surface area contributed by atoms with Gasteiger partial charge in [0.25, 0.3) is 0 Å². The Bertz CT molecular complexity index is 393. The summed E-state index contributed by atoms with van der Waals surface area (Å²) >= 11 is 0. The van der Waals surface area contributed by atoms with E-state index < -0.39 is 5.82 Å². The molecule has 0 aliphatic carbocycles. The van der Waals surface area contributed by atoms with Crippen molar-refractivity contribution in [2.24, 2.45) is 5.92 Å². The van der Waals surface area contributed by atoms with E-state index in [1.54, 1.807) is 12.1 Å². The highest BCUT2D eigenvalue weighted by molar-refractivity contribution is 5.82. The largest absolute Gasteiger partial charge is 0.395 e. The Morgan fingerprint density at radius 3 is 2.82 bits per heavy atom. The third kappa shape index (κ3) is 4.30. The van der Waals surface area contributed by atoms with E-state index in [1.807, 2.05) is 13.8 Å². The van der Waals surface area contributed by atoms with Gasteiger partial charge in [-0.3, -0.25) is 4.79 Å². The van der Waals surface area contributed by atoms with Gasteiger partial charge in [0.2, 0.25) is 5.91 Å². The highest BCUT2D eigenvalue weighted by Gasteiger charge is 2.06. The topological polar surface area (TPSA) is 67.2 Å². The Hall–Kier alpha value is -1.78. The molecule has 0 aliphatic rings. The van der Waals surface area contributed by atoms with E-state index in [9.17, 15) is 9.18 Å². The number of benzene rings is 1. The second kappa shape index (κ2) is 6.08. The van der Waals surface area contributed by atoms with Crippen LogP contribution in [0.1, 0.15) is 13.8 Å². The molecule has 1 aromatic carbocycles. The number of anilines is 2. The number of hydrogen-bond donors (Lipinski definition) is 3. The van der Waals surface area contributed by atoms with Gasteiger partial charge in [-0.15, -0.1) is 0 Å². The van der Waals surface area contributed by atoms with Crippen LogP contribution in [-0.2, 0) is 4.79 Å². The lowest BCUT2D eigenvalue weighted by Crippen LogP contribution is -2.32. The maximum Gasteiger partial charge on any atom is 0.239 e. The summed E-state index contributed by atoms with van der Waals surface area (Å²) < 4.78 is 13.1. The summed E-state index contributed by atoms with van der Waals surface area (Å²) in [6, 6.07) is 4.45. The van der Waals surface area contributed by atoms with Crippen LogP contribution < -0.4 is 16.4 Å². The zero-order valence-corrected chi connectivity index (χ0v) is 10.1. The van der Waals surface area contributed by atoms with Crippen LogP contribution in [0.3, 0.4) is 0 Å². The van der Waals surface area contributed by atoms with Gasteiger partial charge in [0.1, 0.15) is 5.82 Å². The number of carbonyl (C=O) groups is 1. The van der Waals surface area contributed by atoms with Crippen molar-refractivity contribution in [3.05, 3.63) is 24.0 Å². The zero-order valence-electron chi connectivity index (χ0n) is 10.1. The quantitative estimate of drug-likeness (QED) is 0.684. The number of para-hydroxylation sites is 1. The minimum atomic E-state index is -0.488. The molecule has 1 aromatic rings. The number of amides is 1. The van der Waals surface area contributed by atoms with Gasteiger partial charge in [0, 0.05) is 6.54 Å². The minimum Gasteiger partial charge on any atom is -0.395 e. The second-order valence-corrected chi connectivity index (χ2v) is 4.25. The van der Waals surface area contributed by atoms with Crippen LogP contribution in [-0.4, -0.2) is 19.0 Å². The predicted octanol–water partition coefficient (Wildman–Crippen LogP) is 1.59. The number of rotatable bonds is 5. The number of nitrogen functional groups attached to an aromatic ring is 1. The molecular weight excluding hydrogens is 221 g/mol. The van der Waals surface area contributed by atoms with Crippen molar-refractivity contribution in [1.29, 1.82) is 0 Å². The molecule has 0 aliphatic heterocycles. The Balaban J connectivity index is 2.45. The molecule has 0 fully saturated rings. The molecule has 0 radical (unpaired) electrons. The van der Waals surface area contributed by atoms with Crippen molar-refractivity contribution in [1.82, 2.24) is 5.32 Å². The lowest BCUT2D eigenvalue weighted by molar-refractivity contribution is -0.119. The molecule has 94 valence electrons. The highest BCUT2D eigenvalue weighted by atomic mass is 19.1. The van der Waals surface area contributed by atoms with Crippen LogP contribution in [0, 0.1) is 11.7 Å². The normalized spacial score (nSPS) is 10.4. The molecule has 0 heterocycles. The molecule has 0 unspecified atom stereocenters. The standard InChI is InChI=1S/C12H18FN3O/c1-8(2)6-16-11(17)7-15-10-5-3-4-9(13)12(10)14/h3-5,8,15H,6-7,14H2,1-2H3,(H,16,17). The third-order valence-corrected chi connectivity index (χ3v) is 2.20. The lowest BCUT2D eigenvalue weighted by atomic mass is 10.2. The predicted molar refractivity (Wildman–Crippen MR) is 67.1 cm³/mol. The van der Waals surface area contributed by atoms with Crippen LogP contribution in [0.15, 0.2) is 18.2 Å². The number of hydrogen-bond acceptors (Lipinski definition) is 3. The zero-order chi connectivity index (χ0) is 12.8. The minimum absolute atomic E-state index is 0.0316. The fourth-order valence-corrected chi connectivity index (χ4v) is 1.25. The summed E-state index contributed by atoms with van der Waals surface area (Å²) in [6.45, 7) is 4.73.